The highest BCUT2D eigenvalue weighted by molar-refractivity contribution is 6.04. The van der Waals surface area contributed by atoms with Crippen molar-refractivity contribution in [3.63, 3.8) is 0 Å². The average molecular weight is 380 g/mol. The summed E-state index contributed by atoms with van der Waals surface area (Å²) in [5.41, 5.74) is 2.66. The summed E-state index contributed by atoms with van der Waals surface area (Å²) >= 11 is 0. The molecule has 144 valence electrons. The van der Waals surface area contributed by atoms with Gasteiger partial charge in [-0.1, -0.05) is 18.2 Å². The molecule has 0 saturated heterocycles. The van der Waals surface area contributed by atoms with E-state index < -0.39 is 17.9 Å². The first-order valence-electron chi connectivity index (χ1n) is 9.20. The largest absolute Gasteiger partial charge is 0.480 e. The van der Waals surface area contributed by atoms with E-state index in [-0.39, 0.29) is 18.0 Å². The first kappa shape index (κ1) is 18.0. The van der Waals surface area contributed by atoms with Crippen molar-refractivity contribution in [2.45, 2.75) is 38.6 Å². The number of nitrogens with one attached hydrogen (secondary N) is 2. The predicted octanol–water partition coefficient (Wildman–Crippen LogP) is 3.01. The Morgan fingerprint density at radius 2 is 2.07 bits per heavy atom. The van der Waals surface area contributed by atoms with Gasteiger partial charge in [0.25, 0.3) is 5.91 Å². The third-order valence-electron chi connectivity index (χ3n) is 5.21. The van der Waals surface area contributed by atoms with Gasteiger partial charge in [-0.2, -0.15) is 0 Å². The molecule has 1 aliphatic carbocycles. The number of Topliss-reactive ketones (excluding diaryl/α,β-unsaturated/α-hetero) is 1. The molecule has 7 heteroatoms. The third kappa shape index (κ3) is 3.09. The second kappa shape index (κ2) is 6.99. The van der Waals surface area contributed by atoms with Crippen LogP contribution in [0.15, 0.2) is 34.9 Å². The Hall–Kier alpha value is -3.35. The van der Waals surface area contributed by atoms with E-state index in [1.807, 2.05) is 24.3 Å². The number of ketones is 1. The normalized spacial score (nSPS) is 14.7. The molecule has 0 radical (unpaired) electrons. The lowest BCUT2D eigenvalue weighted by atomic mass is 9.94. The highest BCUT2D eigenvalue weighted by Gasteiger charge is 2.31. The van der Waals surface area contributed by atoms with Crippen molar-refractivity contribution >= 4 is 28.6 Å². The van der Waals surface area contributed by atoms with E-state index in [2.05, 4.69) is 10.3 Å². The van der Waals surface area contributed by atoms with Gasteiger partial charge < -0.3 is 19.8 Å². The van der Waals surface area contributed by atoms with Gasteiger partial charge in [0.15, 0.2) is 11.5 Å². The lowest BCUT2D eigenvalue weighted by molar-refractivity contribution is -0.139. The van der Waals surface area contributed by atoms with Crippen LogP contribution in [0.1, 0.15) is 50.6 Å². The lowest BCUT2D eigenvalue weighted by Crippen LogP contribution is -2.42. The van der Waals surface area contributed by atoms with E-state index in [0.717, 1.165) is 16.5 Å². The Balaban J connectivity index is 1.58. The van der Waals surface area contributed by atoms with Crippen molar-refractivity contribution in [1.29, 1.82) is 0 Å². The van der Waals surface area contributed by atoms with Gasteiger partial charge in [0.2, 0.25) is 0 Å². The van der Waals surface area contributed by atoms with Crippen LogP contribution in [0.4, 0.5) is 0 Å². The molecule has 2 heterocycles. The third-order valence-corrected chi connectivity index (χ3v) is 5.21. The molecular weight excluding hydrogens is 360 g/mol. The SMILES string of the molecule is Cc1c(C(=O)NC(Cc2c[nH]c3ccccc23)C(=O)O)oc2c1C(=O)CCC2. The molecule has 1 aliphatic rings. The molecule has 1 amide bonds. The number of carbonyl (C=O) groups excluding carboxylic acids is 2. The molecule has 3 aromatic rings. The van der Waals surface area contributed by atoms with Crippen LogP contribution >= 0.6 is 0 Å². The lowest BCUT2D eigenvalue weighted by Gasteiger charge is -2.13. The minimum absolute atomic E-state index is 0.0189. The zero-order valence-corrected chi connectivity index (χ0v) is 15.4. The van der Waals surface area contributed by atoms with E-state index in [0.29, 0.717) is 36.1 Å². The number of carboxylic acid groups (broad SMARTS) is 1. The summed E-state index contributed by atoms with van der Waals surface area (Å²) in [4.78, 5) is 39.7. The van der Waals surface area contributed by atoms with Crippen LogP contribution in [0.2, 0.25) is 0 Å². The van der Waals surface area contributed by atoms with Gasteiger partial charge in [-0.15, -0.1) is 0 Å². The van der Waals surface area contributed by atoms with Gasteiger partial charge in [-0.25, -0.2) is 4.79 Å². The molecule has 7 nitrogen and oxygen atoms in total. The molecule has 0 bridgehead atoms. The molecule has 0 fully saturated rings. The molecule has 0 spiro atoms. The van der Waals surface area contributed by atoms with Crippen LogP contribution in [0.3, 0.4) is 0 Å². The molecule has 1 aromatic carbocycles. The summed E-state index contributed by atoms with van der Waals surface area (Å²) in [6.07, 6.45) is 3.61. The van der Waals surface area contributed by atoms with Gasteiger partial charge >= 0.3 is 5.97 Å². The quantitative estimate of drug-likeness (QED) is 0.630. The second-order valence-electron chi connectivity index (χ2n) is 7.06. The first-order chi connectivity index (χ1) is 13.5. The number of furan rings is 1. The van der Waals surface area contributed by atoms with Crippen molar-refractivity contribution in [1.82, 2.24) is 10.3 Å². The maximum absolute atomic E-state index is 12.7. The number of hydrogen-bond donors (Lipinski definition) is 3. The van der Waals surface area contributed by atoms with Crippen LogP contribution in [0, 0.1) is 6.92 Å². The topological polar surface area (TPSA) is 112 Å². The number of aryl methyl sites for hydroxylation is 1. The Morgan fingerprint density at radius 1 is 1.29 bits per heavy atom. The van der Waals surface area contributed by atoms with Crippen LogP contribution in [-0.2, 0) is 17.6 Å². The van der Waals surface area contributed by atoms with Crippen molar-refractivity contribution in [2.75, 3.05) is 0 Å². The highest BCUT2D eigenvalue weighted by atomic mass is 16.4. The predicted molar refractivity (Wildman–Crippen MR) is 102 cm³/mol. The summed E-state index contributed by atoms with van der Waals surface area (Å²) in [7, 11) is 0. The first-order valence-corrected chi connectivity index (χ1v) is 9.20. The second-order valence-corrected chi connectivity index (χ2v) is 7.06. The number of para-hydroxylation sites is 1. The summed E-state index contributed by atoms with van der Waals surface area (Å²) in [6.45, 7) is 1.66. The van der Waals surface area contributed by atoms with Crippen LogP contribution in [0.25, 0.3) is 10.9 Å². The number of carboxylic acids is 1. The maximum atomic E-state index is 12.7. The molecule has 4 rings (SSSR count). The zero-order valence-electron chi connectivity index (χ0n) is 15.4. The van der Waals surface area contributed by atoms with Gasteiger partial charge in [0.1, 0.15) is 11.8 Å². The molecule has 28 heavy (non-hydrogen) atoms. The van der Waals surface area contributed by atoms with Crippen LogP contribution in [0.5, 0.6) is 0 Å². The Labute approximate surface area is 160 Å². The van der Waals surface area contributed by atoms with Crippen molar-refractivity contribution < 1.29 is 23.9 Å². The van der Waals surface area contributed by atoms with Gasteiger partial charge in [-0.3, -0.25) is 9.59 Å². The van der Waals surface area contributed by atoms with E-state index >= 15 is 0 Å². The van der Waals surface area contributed by atoms with Crippen molar-refractivity contribution in [3.8, 4) is 0 Å². The molecule has 0 aliphatic heterocycles. The summed E-state index contributed by atoms with van der Waals surface area (Å²) in [6, 6.07) is 6.45. The molecule has 2 aromatic heterocycles. The van der Waals surface area contributed by atoms with Crippen molar-refractivity contribution in [2.24, 2.45) is 0 Å². The zero-order chi connectivity index (χ0) is 19.8. The van der Waals surface area contributed by atoms with E-state index in [1.54, 1.807) is 13.1 Å². The smallest absolute Gasteiger partial charge is 0.326 e. The summed E-state index contributed by atoms with van der Waals surface area (Å²) in [5, 5.41) is 13.1. The average Bonchev–Trinajstić information content (AvgIpc) is 3.23. The number of carbonyl (C=O) groups is 3. The maximum Gasteiger partial charge on any atom is 0.326 e. The number of hydrogen-bond acceptors (Lipinski definition) is 4. The number of aromatic amines is 1. The summed E-state index contributed by atoms with van der Waals surface area (Å²) in [5.74, 6) is -1.25. The minimum atomic E-state index is -1.14. The fraction of sp³-hybridized carbons (Fsp3) is 0.286. The number of aliphatic carboxylic acids is 1. The van der Waals surface area contributed by atoms with E-state index in [1.165, 1.54) is 0 Å². The standard InChI is InChI=1S/C21H20N2O5/c1-11-18-16(24)7-4-8-17(18)28-19(11)20(25)23-15(21(26)27)9-12-10-22-14-6-3-2-5-13(12)14/h2-3,5-6,10,15,22H,4,7-9H2,1H3,(H,23,25)(H,26,27). The van der Waals surface area contributed by atoms with E-state index in [4.69, 9.17) is 4.42 Å². The number of fused-ring (bicyclic) bond motifs is 2. The number of aromatic nitrogens is 1. The Kier molecular flexibility index (Phi) is 4.50. The van der Waals surface area contributed by atoms with Gasteiger partial charge in [-0.05, 0) is 25.0 Å². The van der Waals surface area contributed by atoms with Crippen molar-refractivity contribution in [3.05, 3.63) is 58.7 Å². The Morgan fingerprint density at radius 3 is 2.82 bits per heavy atom. The van der Waals surface area contributed by atoms with E-state index in [9.17, 15) is 19.5 Å². The minimum Gasteiger partial charge on any atom is -0.480 e. The number of benzene rings is 1. The molecule has 1 atom stereocenters. The van der Waals surface area contributed by atoms with Crippen LogP contribution in [-0.4, -0.2) is 33.8 Å². The molecule has 1 unspecified atom stereocenters. The molecule has 3 N–H and O–H groups in total. The molecule has 0 saturated carbocycles. The highest BCUT2D eigenvalue weighted by Crippen LogP contribution is 2.29. The number of H-pyrrole nitrogens is 1. The van der Waals surface area contributed by atoms with Gasteiger partial charge in [0, 0.05) is 41.9 Å². The fourth-order valence-corrected chi connectivity index (χ4v) is 3.81. The van der Waals surface area contributed by atoms with Gasteiger partial charge in [0.05, 0.1) is 5.56 Å². The van der Waals surface area contributed by atoms with Crippen LogP contribution < -0.4 is 5.32 Å². The monoisotopic (exact) mass is 380 g/mol. The fourth-order valence-electron chi connectivity index (χ4n) is 3.81. The number of amides is 1. The molecular formula is C21H20N2O5. The summed E-state index contributed by atoms with van der Waals surface area (Å²) < 4.78 is 5.62. The Bertz CT molecular complexity index is 1090. The number of rotatable bonds is 5.